The average molecular weight is 284 g/mol. The van der Waals surface area contributed by atoms with E-state index < -0.39 is 12.1 Å². The summed E-state index contributed by atoms with van der Waals surface area (Å²) >= 11 is 6.03. The smallest absolute Gasteiger partial charge is 0.334 e. The number of rotatable bonds is 4. The molecule has 0 bridgehead atoms. The molecular weight excluding hydrogens is 266 g/mol. The fourth-order valence-corrected chi connectivity index (χ4v) is 2.72. The molecule has 0 amide bonds. The van der Waals surface area contributed by atoms with E-state index >= 15 is 0 Å². The first-order chi connectivity index (χ1) is 9.11. The van der Waals surface area contributed by atoms with E-state index in [9.17, 15) is 4.79 Å². The number of aliphatic carboxylic acids is 1. The lowest BCUT2D eigenvalue weighted by atomic mass is 10.0. The molecule has 0 saturated carbocycles. The fraction of sp³-hybridized carbons (Fsp3) is 0.500. The molecule has 5 heteroatoms. The summed E-state index contributed by atoms with van der Waals surface area (Å²) in [6.45, 7) is 3.71. The Morgan fingerprint density at radius 1 is 1.63 bits per heavy atom. The van der Waals surface area contributed by atoms with Crippen molar-refractivity contribution in [3.63, 3.8) is 0 Å². The summed E-state index contributed by atoms with van der Waals surface area (Å²) in [6, 6.07) is 7.93. The number of halogens is 1. The third kappa shape index (κ3) is 3.47. The zero-order valence-electron chi connectivity index (χ0n) is 10.9. The van der Waals surface area contributed by atoms with Crippen LogP contribution in [0.25, 0.3) is 0 Å². The Morgan fingerprint density at radius 2 is 2.42 bits per heavy atom. The number of hydrogen-bond donors (Lipinski definition) is 1. The molecule has 2 unspecified atom stereocenters. The molecule has 1 aromatic rings. The van der Waals surface area contributed by atoms with Gasteiger partial charge in [0.25, 0.3) is 0 Å². The van der Waals surface area contributed by atoms with E-state index in [0.29, 0.717) is 18.2 Å². The maximum atomic E-state index is 11.0. The molecule has 0 aromatic heterocycles. The molecule has 2 atom stereocenters. The normalized spacial score (nSPS) is 22.1. The highest BCUT2D eigenvalue weighted by atomic mass is 35.5. The van der Waals surface area contributed by atoms with Crippen molar-refractivity contribution in [2.45, 2.75) is 25.5 Å². The summed E-state index contributed by atoms with van der Waals surface area (Å²) in [5, 5.41) is 9.76. The molecule has 4 nitrogen and oxygen atoms in total. The minimum atomic E-state index is -0.898. The van der Waals surface area contributed by atoms with Gasteiger partial charge in [0.05, 0.1) is 6.61 Å². The van der Waals surface area contributed by atoms with Crippen molar-refractivity contribution in [2.75, 3.05) is 19.7 Å². The van der Waals surface area contributed by atoms with Gasteiger partial charge in [0.2, 0.25) is 0 Å². The number of hydrogen-bond acceptors (Lipinski definition) is 3. The van der Waals surface area contributed by atoms with Crippen LogP contribution in [0.3, 0.4) is 0 Å². The van der Waals surface area contributed by atoms with Crippen molar-refractivity contribution < 1.29 is 14.6 Å². The monoisotopic (exact) mass is 283 g/mol. The number of carboxylic acids is 1. The summed E-state index contributed by atoms with van der Waals surface area (Å²) in [4.78, 5) is 13.2. The van der Waals surface area contributed by atoms with E-state index in [-0.39, 0.29) is 6.04 Å². The van der Waals surface area contributed by atoms with Gasteiger partial charge in [-0.05, 0) is 24.1 Å². The maximum absolute atomic E-state index is 11.0. The quantitative estimate of drug-likeness (QED) is 0.923. The lowest BCUT2D eigenvalue weighted by Crippen LogP contribution is -2.47. The summed E-state index contributed by atoms with van der Waals surface area (Å²) in [6.07, 6.45) is 0.175. The number of carbonyl (C=O) groups is 1. The molecule has 0 spiro atoms. The highest BCUT2D eigenvalue weighted by molar-refractivity contribution is 6.30. The van der Waals surface area contributed by atoms with Crippen LogP contribution in [0.5, 0.6) is 0 Å². The van der Waals surface area contributed by atoms with E-state index in [1.165, 1.54) is 0 Å². The molecule has 1 fully saturated rings. The van der Waals surface area contributed by atoms with Gasteiger partial charge in [-0.15, -0.1) is 0 Å². The van der Waals surface area contributed by atoms with Crippen LogP contribution in [0.15, 0.2) is 24.3 Å². The predicted molar refractivity (Wildman–Crippen MR) is 73.4 cm³/mol. The Labute approximate surface area is 117 Å². The van der Waals surface area contributed by atoms with Crippen LogP contribution < -0.4 is 0 Å². The lowest BCUT2D eigenvalue weighted by Gasteiger charge is -2.36. The molecule has 1 heterocycles. The van der Waals surface area contributed by atoms with Crippen molar-refractivity contribution in [3.8, 4) is 0 Å². The number of carboxylic acid groups (broad SMARTS) is 1. The molecule has 0 aliphatic carbocycles. The molecule has 2 rings (SSSR count). The number of ether oxygens (including phenoxy) is 1. The molecule has 1 aliphatic rings. The Morgan fingerprint density at radius 3 is 3.05 bits per heavy atom. The van der Waals surface area contributed by atoms with Gasteiger partial charge in [-0.3, -0.25) is 4.90 Å². The molecule has 1 aliphatic heterocycles. The third-order valence-electron chi connectivity index (χ3n) is 3.43. The molecule has 104 valence electrons. The second-order valence-corrected chi connectivity index (χ2v) is 5.11. The second-order valence-electron chi connectivity index (χ2n) is 4.67. The highest BCUT2D eigenvalue weighted by Crippen LogP contribution is 2.27. The van der Waals surface area contributed by atoms with Crippen LogP contribution in [0.4, 0.5) is 0 Å². The van der Waals surface area contributed by atoms with Gasteiger partial charge in [0.15, 0.2) is 6.10 Å². The Hall–Kier alpha value is -1.10. The van der Waals surface area contributed by atoms with Gasteiger partial charge in [-0.2, -0.15) is 0 Å². The van der Waals surface area contributed by atoms with Gasteiger partial charge < -0.3 is 9.84 Å². The topological polar surface area (TPSA) is 49.8 Å². The second kappa shape index (κ2) is 6.37. The van der Waals surface area contributed by atoms with Crippen molar-refractivity contribution in [3.05, 3.63) is 34.9 Å². The van der Waals surface area contributed by atoms with Gasteiger partial charge in [0.1, 0.15) is 0 Å². The standard InChI is InChI=1S/C14H18ClNO3/c1-2-12(10-4-3-5-11(15)8-10)16-6-7-19-13(9-16)14(17)18/h3-5,8,12-13H,2,6-7,9H2,1H3,(H,17,18). The Bertz CT molecular complexity index is 452. The van der Waals surface area contributed by atoms with Crippen molar-refractivity contribution in [1.82, 2.24) is 4.90 Å². The summed E-state index contributed by atoms with van der Waals surface area (Å²) in [7, 11) is 0. The van der Waals surface area contributed by atoms with Crippen LogP contribution in [-0.4, -0.2) is 41.8 Å². The minimum absolute atomic E-state index is 0.185. The largest absolute Gasteiger partial charge is 0.479 e. The molecule has 1 saturated heterocycles. The average Bonchev–Trinajstić information content (AvgIpc) is 2.40. The predicted octanol–water partition coefficient (Wildman–Crippen LogP) is 2.58. The first-order valence-corrected chi connectivity index (χ1v) is 6.83. The number of benzene rings is 1. The van der Waals surface area contributed by atoms with Gasteiger partial charge in [-0.25, -0.2) is 4.79 Å². The first kappa shape index (κ1) is 14.3. The van der Waals surface area contributed by atoms with E-state index in [2.05, 4.69) is 11.8 Å². The zero-order valence-corrected chi connectivity index (χ0v) is 11.6. The van der Waals surface area contributed by atoms with Crippen LogP contribution in [0, 0.1) is 0 Å². The first-order valence-electron chi connectivity index (χ1n) is 6.45. The molecule has 1 N–H and O–H groups in total. The number of morpholine rings is 1. The zero-order chi connectivity index (χ0) is 13.8. The number of nitrogens with zero attached hydrogens (tertiary/aromatic N) is 1. The highest BCUT2D eigenvalue weighted by Gasteiger charge is 2.30. The van der Waals surface area contributed by atoms with E-state index in [0.717, 1.165) is 18.5 Å². The Kier molecular flexibility index (Phi) is 4.80. The minimum Gasteiger partial charge on any atom is -0.479 e. The lowest BCUT2D eigenvalue weighted by molar-refractivity contribution is -0.157. The molecular formula is C14H18ClNO3. The van der Waals surface area contributed by atoms with Crippen molar-refractivity contribution >= 4 is 17.6 Å². The van der Waals surface area contributed by atoms with Gasteiger partial charge >= 0.3 is 5.97 Å². The van der Waals surface area contributed by atoms with E-state index in [1.54, 1.807) is 0 Å². The summed E-state index contributed by atoms with van der Waals surface area (Å²) < 4.78 is 5.26. The SMILES string of the molecule is CCC(c1cccc(Cl)c1)N1CCOC(C(=O)O)C1. The summed E-state index contributed by atoms with van der Waals surface area (Å²) in [5.74, 6) is -0.898. The van der Waals surface area contributed by atoms with Crippen LogP contribution in [-0.2, 0) is 9.53 Å². The van der Waals surface area contributed by atoms with Crippen molar-refractivity contribution in [2.24, 2.45) is 0 Å². The van der Waals surface area contributed by atoms with Crippen LogP contribution in [0.2, 0.25) is 5.02 Å². The van der Waals surface area contributed by atoms with E-state index in [1.807, 2.05) is 24.3 Å². The Balaban J connectivity index is 2.15. The fourth-order valence-electron chi connectivity index (χ4n) is 2.52. The molecule has 19 heavy (non-hydrogen) atoms. The maximum Gasteiger partial charge on any atom is 0.334 e. The third-order valence-corrected chi connectivity index (χ3v) is 3.67. The van der Waals surface area contributed by atoms with Gasteiger partial charge in [0, 0.05) is 24.2 Å². The van der Waals surface area contributed by atoms with Gasteiger partial charge in [-0.1, -0.05) is 30.7 Å². The van der Waals surface area contributed by atoms with Crippen molar-refractivity contribution in [1.29, 1.82) is 0 Å². The van der Waals surface area contributed by atoms with Crippen LogP contribution in [0.1, 0.15) is 24.9 Å². The molecule has 1 aromatic carbocycles. The summed E-state index contributed by atoms with van der Waals surface area (Å²) in [5.41, 5.74) is 1.13. The van der Waals surface area contributed by atoms with Crippen LogP contribution >= 0.6 is 11.6 Å². The molecule has 0 radical (unpaired) electrons. The van der Waals surface area contributed by atoms with E-state index in [4.69, 9.17) is 21.4 Å².